The van der Waals surface area contributed by atoms with Crippen LogP contribution in [0.15, 0.2) is 47.1 Å². The van der Waals surface area contributed by atoms with Crippen molar-refractivity contribution < 1.29 is 28.1 Å². The quantitative estimate of drug-likeness (QED) is 0.769. The Morgan fingerprint density at radius 2 is 1.62 bits per heavy atom. The van der Waals surface area contributed by atoms with Gasteiger partial charge in [-0.3, -0.25) is 4.79 Å². The molecule has 1 amide bonds. The summed E-state index contributed by atoms with van der Waals surface area (Å²) in [5, 5.41) is 0. The lowest BCUT2D eigenvalue weighted by Gasteiger charge is -2.13. The third kappa shape index (κ3) is 3.37. The average molecular weight is 357 g/mol. The molecule has 26 heavy (non-hydrogen) atoms. The van der Waals surface area contributed by atoms with Gasteiger partial charge in [0.05, 0.1) is 21.3 Å². The van der Waals surface area contributed by atoms with Crippen LogP contribution >= 0.6 is 0 Å². The number of halogens is 1. The highest BCUT2D eigenvalue weighted by molar-refractivity contribution is 6.14. The fourth-order valence-corrected chi connectivity index (χ4v) is 2.46. The summed E-state index contributed by atoms with van der Waals surface area (Å²) in [6.45, 7) is 0. The molecule has 0 bridgehead atoms. The van der Waals surface area contributed by atoms with E-state index in [0.717, 1.165) is 0 Å². The Kier molecular flexibility index (Phi) is 4.88. The van der Waals surface area contributed by atoms with Gasteiger partial charge < -0.3 is 18.9 Å². The van der Waals surface area contributed by atoms with Gasteiger partial charge in [-0.2, -0.15) is 4.99 Å². The maximum Gasteiger partial charge on any atom is 0.316 e. The molecule has 0 aromatic heterocycles. The van der Waals surface area contributed by atoms with Crippen molar-refractivity contribution in [3.63, 3.8) is 0 Å². The van der Waals surface area contributed by atoms with Crippen LogP contribution in [-0.4, -0.2) is 33.1 Å². The summed E-state index contributed by atoms with van der Waals surface area (Å²) in [7, 11) is 4.51. The van der Waals surface area contributed by atoms with E-state index in [1.807, 2.05) is 0 Å². The van der Waals surface area contributed by atoms with Gasteiger partial charge in [0.1, 0.15) is 5.82 Å². The number of nitrogens with zero attached hydrogens (tertiary/aromatic N) is 1. The van der Waals surface area contributed by atoms with E-state index >= 15 is 0 Å². The molecule has 0 saturated heterocycles. The highest BCUT2D eigenvalue weighted by Gasteiger charge is 2.24. The number of rotatable bonds is 5. The summed E-state index contributed by atoms with van der Waals surface area (Å²) in [5.41, 5.74) is 1.12. The van der Waals surface area contributed by atoms with Crippen LogP contribution in [0, 0.1) is 5.82 Å². The lowest BCUT2D eigenvalue weighted by atomic mass is 10.1. The molecule has 0 saturated carbocycles. The molecule has 1 aliphatic rings. The van der Waals surface area contributed by atoms with Gasteiger partial charge in [-0.15, -0.1) is 0 Å². The lowest BCUT2D eigenvalue weighted by molar-refractivity contribution is -0.115. The molecule has 2 aromatic rings. The molecule has 0 unspecified atom stereocenters. The minimum absolute atomic E-state index is 0.0404. The van der Waals surface area contributed by atoms with Gasteiger partial charge in [-0.05, 0) is 48.0 Å². The number of benzene rings is 2. The maximum atomic E-state index is 13.0. The van der Waals surface area contributed by atoms with E-state index in [1.165, 1.54) is 51.7 Å². The predicted octanol–water partition coefficient (Wildman–Crippen LogP) is 3.20. The summed E-state index contributed by atoms with van der Waals surface area (Å²) in [5.74, 6) is 0.587. The number of amides is 1. The summed E-state index contributed by atoms with van der Waals surface area (Å²) in [4.78, 5) is 16.0. The zero-order chi connectivity index (χ0) is 18.7. The van der Waals surface area contributed by atoms with Crippen LogP contribution < -0.4 is 14.2 Å². The first-order chi connectivity index (χ1) is 12.5. The molecule has 1 heterocycles. The van der Waals surface area contributed by atoms with Gasteiger partial charge in [0.25, 0.3) is 0 Å². The number of ether oxygens (including phenoxy) is 4. The second kappa shape index (κ2) is 7.26. The smallest absolute Gasteiger partial charge is 0.316 e. The highest BCUT2D eigenvalue weighted by Crippen LogP contribution is 2.39. The largest absolute Gasteiger partial charge is 0.493 e. The second-order valence-electron chi connectivity index (χ2n) is 5.30. The third-order valence-electron chi connectivity index (χ3n) is 3.70. The van der Waals surface area contributed by atoms with E-state index in [1.54, 1.807) is 12.1 Å². The standard InChI is InChI=1S/C19H16FNO5/c1-23-14-8-11(9-15(24-2)17(14)25-3)10-16-18(22)21-19(26-16)12-4-6-13(20)7-5-12/h4-10H,1-3H3. The number of aliphatic imine (C=N–C) groups is 1. The molecule has 0 radical (unpaired) electrons. The van der Waals surface area contributed by atoms with E-state index in [-0.39, 0.29) is 17.5 Å². The first kappa shape index (κ1) is 17.5. The Balaban J connectivity index is 1.92. The zero-order valence-corrected chi connectivity index (χ0v) is 14.4. The van der Waals surface area contributed by atoms with Crippen molar-refractivity contribution in [2.75, 3.05) is 21.3 Å². The van der Waals surface area contributed by atoms with E-state index in [4.69, 9.17) is 18.9 Å². The first-order valence-corrected chi connectivity index (χ1v) is 7.64. The minimum Gasteiger partial charge on any atom is -0.493 e. The third-order valence-corrected chi connectivity index (χ3v) is 3.70. The summed E-state index contributed by atoms with van der Waals surface area (Å²) >= 11 is 0. The monoisotopic (exact) mass is 357 g/mol. The molecule has 134 valence electrons. The Bertz CT molecular complexity index is 878. The summed E-state index contributed by atoms with van der Waals surface area (Å²) in [6.07, 6.45) is 1.52. The first-order valence-electron chi connectivity index (χ1n) is 7.64. The van der Waals surface area contributed by atoms with Crippen LogP contribution in [-0.2, 0) is 9.53 Å². The normalized spacial score (nSPS) is 14.8. The molecule has 0 atom stereocenters. The minimum atomic E-state index is -0.530. The molecule has 1 aliphatic heterocycles. The Morgan fingerprint density at radius 1 is 1.00 bits per heavy atom. The van der Waals surface area contributed by atoms with Gasteiger partial charge in [0, 0.05) is 5.56 Å². The molecule has 0 aliphatic carbocycles. The number of carbonyl (C=O) groups is 1. The van der Waals surface area contributed by atoms with Crippen molar-refractivity contribution in [1.82, 2.24) is 0 Å². The van der Waals surface area contributed by atoms with Gasteiger partial charge in [0.2, 0.25) is 11.6 Å². The Hall–Kier alpha value is -3.35. The number of hydrogen-bond acceptors (Lipinski definition) is 5. The lowest BCUT2D eigenvalue weighted by Crippen LogP contribution is -2.01. The van der Waals surface area contributed by atoms with Crippen LogP contribution in [0.2, 0.25) is 0 Å². The van der Waals surface area contributed by atoms with Crippen LogP contribution in [0.5, 0.6) is 17.2 Å². The van der Waals surface area contributed by atoms with Gasteiger partial charge in [-0.1, -0.05) is 0 Å². The number of hydrogen-bond donors (Lipinski definition) is 0. The predicted molar refractivity (Wildman–Crippen MR) is 93.1 cm³/mol. The van der Waals surface area contributed by atoms with Crippen LogP contribution in [0.1, 0.15) is 11.1 Å². The van der Waals surface area contributed by atoms with E-state index in [9.17, 15) is 9.18 Å². The van der Waals surface area contributed by atoms with Crippen LogP contribution in [0.25, 0.3) is 6.08 Å². The maximum absolute atomic E-state index is 13.0. The van der Waals surface area contributed by atoms with Gasteiger partial charge in [0.15, 0.2) is 17.3 Å². The van der Waals surface area contributed by atoms with Crippen molar-refractivity contribution in [2.24, 2.45) is 4.99 Å². The van der Waals surface area contributed by atoms with Crippen LogP contribution in [0.4, 0.5) is 4.39 Å². The van der Waals surface area contributed by atoms with E-state index < -0.39 is 5.91 Å². The fourth-order valence-electron chi connectivity index (χ4n) is 2.46. The SMILES string of the molecule is COc1cc(C=C2OC(c3ccc(F)cc3)=NC2=O)cc(OC)c1OC. The molecule has 3 rings (SSSR count). The molecular formula is C19H16FNO5. The molecule has 0 N–H and O–H groups in total. The number of carbonyl (C=O) groups excluding carboxylic acids is 1. The molecule has 6 nitrogen and oxygen atoms in total. The molecule has 2 aromatic carbocycles. The average Bonchev–Trinajstić information content (AvgIpc) is 3.01. The second-order valence-corrected chi connectivity index (χ2v) is 5.30. The number of methoxy groups -OCH3 is 3. The van der Waals surface area contributed by atoms with E-state index in [0.29, 0.717) is 28.4 Å². The summed E-state index contributed by atoms with van der Waals surface area (Å²) < 4.78 is 34.4. The molecular weight excluding hydrogens is 341 g/mol. The van der Waals surface area contributed by atoms with E-state index in [2.05, 4.69) is 4.99 Å². The van der Waals surface area contributed by atoms with Gasteiger partial charge in [-0.25, -0.2) is 4.39 Å². The van der Waals surface area contributed by atoms with Gasteiger partial charge >= 0.3 is 5.91 Å². The molecule has 0 spiro atoms. The summed E-state index contributed by atoms with van der Waals surface area (Å²) in [6, 6.07) is 8.88. The van der Waals surface area contributed by atoms with Crippen molar-refractivity contribution in [1.29, 1.82) is 0 Å². The zero-order valence-electron chi connectivity index (χ0n) is 14.4. The van der Waals surface area contributed by atoms with Crippen molar-refractivity contribution in [3.8, 4) is 17.2 Å². The van der Waals surface area contributed by atoms with Crippen LogP contribution in [0.3, 0.4) is 0 Å². The topological polar surface area (TPSA) is 66.4 Å². The van der Waals surface area contributed by atoms with Crippen molar-refractivity contribution >= 4 is 17.9 Å². The van der Waals surface area contributed by atoms with Crippen molar-refractivity contribution in [2.45, 2.75) is 0 Å². The Morgan fingerprint density at radius 3 is 2.15 bits per heavy atom. The molecule has 0 fully saturated rings. The Labute approximate surface area is 149 Å². The molecule has 7 heteroatoms. The van der Waals surface area contributed by atoms with Crippen molar-refractivity contribution in [3.05, 3.63) is 59.1 Å². The fraction of sp³-hybridized carbons (Fsp3) is 0.158. The highest BCUT2D eigenvalue weighted by atomic mass is 19.1.